The zero-order valence-corrected chi connectivity index (χ0v) is 41.9. The number of unbranched alkanes of at least 4 members (excludes halogenated alkanes) is 3. The van der Waals surface area contributed by atoms with Gasteiger partial charge in [-0.1, -0.05) is 66.1 Å². The maximum absolute atomic E-state index is 13.8. The fourth-order valence-corrected chi connectivity index (χ4v) is 7.54. The molecule has 0 unspecified atom stereocenters. The van der Waals surface area contributed by atoms with Gasteiger partial charge < -0.3 is 62.3 Å². The molecule has 0 heterocycles. The number of carbonyl (C=O) groups excluding carboxylic acids is 6. The van der Waals surface area contributed by atoms with Crippen molar-refractivity contribution in [3.63, 3.8) is 0 Å². The number of nitrogens with one attached hydrogen (secondary N) is 6. The lowest BCUT2D eigenvalue weighted by Crippen LogP contribution is -2.55. The van der Waals surface area contributed by atoms with Gasteiger partial charge >= 0.3 is 29.9 Å². The van der Waals surface area contributed by atoms with Crippen molar-refractivity contribution in [1.82, 2.24) is 36.8 Å². The highest BCUT2D eigenvalue weighted by Crippen LogP contribution is 2.15. The number of phenolic OH excluding ortho intramolecular Hbond substituents is 1. The third-order valence-corrected chi connectivity index (χ3v) is 11.7. The number of phenols is 1. The predicted octanol–water partition coefficient (Wildman–Crippen LogP) is 3.39. The summed E-state index contributed by atoms with van der Waals surface area (Å²) < 4.78 is 0. The van der Waals surface area contributed by atoms with Crippen molar-refractivity contribution in [3.8, 4) is 5.75 Å². The third kappa shape index (κ3) is 24.8. The smallest absolute Gasteiger partial charge is 0.335 e. The normalized spacial score (nSPS) is 12.2. The van der Waals surface area contributed by atoms with Gasteiger partial charge in [-0.25, -0.2) is 19.2 Å². The number of aliphatic carboxylic acids is 3. The molecule has 4 atom stereocenters. The SMILES string of the molecule is [N-]=[N+]=NCCCNC(=O)[C@H](Cc1ccc(O)cc1)NC(=O)[C@H](Cc1ccccc1)NC(=O)CCC(=O)NCCCCCC(=O)N(CCCC[C@H](NC(=O)N[C@@H](CCC(=O)O)C(=O)O)C(=O)O)Cc1ccc(C(=O)O)cc1. The van der Waals surface area contributed by atoms with Crippen LogP contribution in [0.2, 0.25) is 0 Å². The lowest BCUT2D eigenvalue weighted by molar-refractivity contribution is -0.141. The Morgan fingerprint density at radius 3 is 1.76 bits per heavy atom. The maximum Gasteiger partial charge on any atom is 0.335 e. The van der Waals surface area contributed by atoms with E-state index in [9.17, 15) is 68.4 Å². The Bertz CT molecular complexity index is 2470. The number of hydrogen-bond donors (Lipinski definition) is 11. The van der Waals surface area contributed by atoms with Crippen LogP contribution in [0.25, 0.3) is 10.4 Å². The Morgan fingerprint density at radius 2 is 1.14 bits per heavy atom. The van der Waals surface area contributed by atoms with Gasteiger partial charge in [0.1, 0.15) is 29.9 Å². The first-order valence-corrected chi connectivity index (χ1v) is 24.7. The van der Waals surface area contributed by atoms with Crippen LogP contribution in [0, 0.1) is 0 Å². The van der Waals surface area contributed by atoms with Gasteiger partial charge in [0.2, 0.25) is 29.5 Å². The zero-order chi connectivity index (χ0) is 55.8. The summed E-state index contributed by atoms with van der Waals surface area (Å²) in [6.45, 7) is 0.823. The first-order valence-electron chi connectivity index (χ1n) is 24.7. The average molecular weight is 1060 g/mol. The molecule has 0 aliphatic carbocycles. The molecule has 0 saturated carbocycles. The molecule has 0 spiro atoms. The molecule has 3 aromatic rings. The number of aromatic carboxylic acids is 1. The number of nitrogens with zero attached hydrogens (tertiary/aromatic N) is 4. The molecule has 0 aliphatic heterocycles. The van der Waals surface area contributed by atoms with Crippen LogP contribution in [0.4, 0.5) is 4.79 Å². The number of azide groups is 1. The number of urea groups is 1. The standard InChI is InChI=1S/C51H66N10O15/c52-60-55-28-9-27-54-46(68)40(31-34-16-20-37(62)21-17-34)57-47(69)41(30-33-10-3-1-4-11-33)56-43(64)24-23-42(63)53-26-7-2-5-13-44(65)61(32-35-14-18-36(19-15-35)48(70)71)29-8-6-12-38(49(72)73)58-51(76)59-39(50(74)75)22-25-45(66)67/h1,3-4,10-11,14-21,38-41,62H,2,5-9,12-13,22-32H2,(H,53,63)(H,54,68)(H,56,64)(H,57,69)(H,66,67)(H,70,71)(H,72,73)(H,74,75)(H2,58,59,76)/t38-,39-,40-,41-/m0/s1. The van der Waals surface area contributed by atoms with Gasteiger partial charge in [-0.15, -0.1) is 0 Å². The summed E-state index contributed by atoms with van der Waals surface area (Å²) in [7, 11) is 0. The highest BCUT2D eigenvalue weighted by atomic mass is 16.4. The summed E-state index contributed by atoms with van der Waals surface area (Å²) >= 11 is 0. The molecular formula is C51H66N10O15. The van der Waals surface area contributed by atoms with Crippen molar-refractivity contribution in [1.29, 1.82) is 0 Å². The number of carbonyl (C=O) groups is 10. The maximum atomic E-state index is 13.8. The van der Waals surface area contributed by atoms with Gasteiger partial charge in [0.15, 0.2) is 0 Å². The lowest BCUT2D eigenvalue weighted by atomic mass is 10.0. The number of amides is 7. The molecule has 0 saturated heterocycles. The van der Waals surface area contributed by atoms with E-state index in [-0.39, 0.29) is 101 Å². The van der Waals surface area contributed by atoms with E-state index >= 15 is 0 Å². The zero-order valence-electron chi connectivity index (χ0n) is 41.9. The van der Waals surface area contributed by atoms with Crippen LogP contribution >= 0.6 is 0 Å². The Morgan fingerprint density at radius 1 is 0.553 bits per heavy atom. The van der Waals surface area contributed by atoms with Crippen LogP contribution in [-0.2, 0) is 57.7 Å². The fourth-order valence-electron chi connectivity index (χ4n) is 7.54. The first-order chi connectivity index (χ1) is 36.3. The van der Waals surface area contributed by atoms with E-state index in [1.54, 1.807) is 54.6 Å². The van der Waals surface area contributed by atoms with E-state index in [4.69, 9.17) is 10.6 Å². The van der Waals surface area contributed by atoms with Crippen LogP contribution in [0.1, 0.15) is 104 Å². The number of hydrogen-bond acceptors (Lipinski definition) is 12. The number of benzene rings is 3. The van der Waals surface area contributed by atoms with Gasteiger partial charge in [0.25, 0.3) is 0 Å². The minimum atomic E-state index is -1.57. The first kappa shape index (κ1) is 61.6. The molecule has 76 heavy (non-hydrogen) atoms. The number of rotatable bonds is 36. The molecule has 11 N–H and O–H groups in total. The van der Waals surface area contributed by atoms with Gasteiger partial charge in [-0.2, -0.15) is 0 Å². The van der Waals surface area contributed by atoms with Crippen molar-refractivity contribution < 1.29 is 73.5 Å². The number of carboxylic acids is 4. The Hall–Kier alpha value is -8.73. The average Bonchev–Trinajstić information content (AvgIpc) is 3.38. The molecule has 25 heteroatoms. The van der Waals surface area contributed by atoms with Crippen molar-refractivity contribution in [2.24, 2.45) is 5.11 Å². The van der Waals surface area contributed by atoms with Crippen LogP contribution < -0.4 is 31.9 Å². The highest BCUT2D eigenvalue weighted by Gasteiger charge is 2.29. The molecule has 25 nitrogen and oxygen atoms in total. The molecule has 3 rings (SSSR count). The molecule has 0 aromatic heterocycles. The third-order valence-electron chi connectivity index (χ3n) is 11.7. The van der Waals surface area contributed by atoms with Crippen molar-refractivity contribution in [3.05, 3.63) is 112 Å². The second-order valence-corrected chi connectivity index (χ2v) is 17.6. The van der Waals surface area contributed by atoms with E-state index in [1.807, 2.05) is 0 Å². The Kier molecular flexibility index (Phi) is 27.5. The van der Waals surface area contributed by atoms with Crippen LogP contribution in [0.15, 0.2) is 84.0 Å². The second kappa shape index (κ2) is 33.9. The molecule has 0 radical (unpaired) electrons. The monoisotopic (exact) mass is 1060 g/mol. The van der Waals surface area contributed by atoms with Crippen molar-refractivity contribution >= 4 is 59.4 Å². The van der Waals surface area contributed by atoms with E-state index in [1.165, 1.54) is 29.2 Å². The van der Waals surface area contributed by atoms with Gasteiger partial charge in [0, 0.05) is 76.2 Å². The lowest BCUT2D eigenvalue weighted by Gasteiger charge is -2.24. The minimum Gasteiger partial charge on any atom is -0.508 e. The predicted molar refractivity (Wildman–Crippen MR) is 272 cm³/mol. The van der Waals surface area contributed by atoms with Crippen LogP contribution in [0.5, 0.6) is 5.75 Å². The Balaban J connectivity index is 1.52. The quantitative estimate of drug-likeness (QED) is 0.0172. The van der Waals surface area contributed by atoms with Gasteiger partial charge in [-0.05, 0) is 91.4 Å². The summed E-state index contributed by atoms with van der Waals surface area (Å²) in [5.74, 6) is -7.73. The van der Waals surface area contributed by atoms with E-state index in [2.05, 4.69) is 41.9 Å². The van der Waals surface area contributed by atoms with Crippen LogP contribution in [-0.4, -0.2) is 140 Å². The van der Waals surface area contributed by atoms with Gasteiger partial charge in [0.05, 0.1) is 5.56 Å². The summed E-state index contributed by atoms with van der Waals surface area (Å²) in [5, 5.41) is 65.6. The molecule has 7 amide bonds. The number of aromatic hydroxyl groups is 1. The minimum absolute atomic E-state index is 0.0138. The van der Waals surface area contributed by atoms with E-state index in [0.29, 0.717) is 42.4 Å². The number of carboxylic acid groups (broad SMARTS) is 4. The van der Waals surface area contributed by atoms with Gasteiger partial charge in [-0.3, -0.25) is 28.8 Å². The summed E-state index contributed by atoms with van der Waals surface area (Å²) in [6, 6.07) is 14.6. The summed E-state index contributed by atoms with van der Waals surface area (Å²) in [4.78, 5) is 129. The molecule has 410 valence electrons. The fraction of sp³-hybridized carbons (Fsp3) is 0.451. The molecule has 0 bridgehead atoms. The summed E-state index contributed by atoms with van der Waals surface area (Å²) in [5.41, 5.74) is 10.6. The van der Waals surface area contributed by atoms with Crippen molar-refractivity contribution in [2.75, 3.05) is 26.2 Å². The molecule has 0 aliphatic rings. The molecule has 0 fully saturated rings. The van der Waals surface area contributed by atoms with Crippen molar-refractivity contribution in [2.45, 2.75) is 121 Å². The summed E-state index contributed by atoms with van der Waals surface area (Å²) in [6.07, 6.45) is 0.974. The topological polar surface area (TPSA) is 396 Å². The highest BCUT2D eigenvalue weighted by molar-refractivity contribution is 5.93. The second-order valence-electron chi connectivity index (χ2n) is 17.6. The molecule has 3 aromatic carbocycles. The molecular weight excluding hydrogens is 993 g/mol. The largest absolute Gasteiger partial charge is 0.508 e. The van der Waals surface area contributed by atoms with E-state index < -0.39 is 90.5 Å². The van der Waals surface area contributed by atoms with E-state index in [0.717, 1.165) is 0 Å². The Labute approximate surface area is 437 Å². The van der Waals surface area contributed by atoms with Crippen LogP contribution in [0.3, 0.4) is 0 Å².